The van der Waals surface area contributed by atoms with Crippen LogP contribution in [0.25, 0.3) is 0 Å². The summed E-state index contributed by atoms with van der Waals surface area (Å²) in [6.07, 6.45) is 1.43. The van der Waals surface area contributed by atoms with Crippen LogP contribution in [0.2, 0.25) is 0 Å². The Kier molecular flexibility index (Phi) is 5.83. The molecule has 4 rings (SSSR count). The monoisotopic (exact) mass is 410 g/mol. The molecular formula is C22H22N2O6. The minimum absolute atomic E-state index is 0.124. The van der Waals surface area contributed by atoms with Gasteiger partial charge in [-0.2, -0.15) is 0 Å². The second kappa shape index (κ2) is 8.86. The maximum absolute atomic E-state index is 12.3. The number of likely N-dealkylation sites (tertiary alicyclic amines) is 1. The Morgan fingerprint density at radius 1 is 1.07 bits per heavy atom. The van der Waals surface area contributed by atoms with Crippen LogP contribution in [0.5, 0.6) is 11.5 Å². The Hall–Kier alpha value is -3.55. The van der Waals surface area contributed by atoms with Crippen LogP contribution in [0.3, 0.4) is 0 Å². The van der Waals surface area contributed by atoms with E-state index in [1.54, 1.807) is 41.3 Å². The fraction of sp³-hybridized carbons (Fsp3) is 0.318. The number of fused-ring (bicyclic) bond motifs is 1. The third-order valence-corrected chi connectivity index (χ3v) is 4.87. The minimum Gasteiger partial charge on any atom is -0.486 e. The van der Waals surface area contributed by atoms with E-state index in [1.165, 1.54) is 0 Å². The van der Waals surface area contributed by atoms with Gasteiger partial charge in [0.25, 0.3) is 5.91 Å². The van der Waals surface area contributed by atoms with E-state index in [1.807, 2.05) is 6.07 Å². The topological polar surface area (TPSA) is 94.2 Å². The fourth-order valence-electron chi connectivity index (χ4n) is 3.42. The summed E-state index contributed by atoms with van der Waals surface area (Å²) in [5.41, 5.74) is 1.71. The zero-order valence-corrected chi connectivity index (χ0v) is 16.4. The molecule has 156 valence electrons. The van der Waals surface area contributed by atoms with Crippen molar-refractivity contribution in [3.05, 3.63) is 53.6 Å². The van der Waals surface area contributed by atoms with Gasteiger partial charge in [0.05, 0.1) is 5.56 Å². The van der Waals surface area contributed by atoms with E-state index in [9.17, 15) is 14.4 Å². The molecule has 8 heteroatoms. The van der Waals surface area contributed by atoms with Gasteiger partial charge in [-0.3, -0.25) is 9.59 Å². The molecule has 0 aliphatic carbocycles. The van der Waals surface area contributed by atoms with Crippen molar-refractivity contribution in [2.24, 2.45) is 0 Å². The van der Waals surface area contributed by atoms with Crippen molar-refractivity contribution in [2.45, 2.75) is 19.4 Å². The fourth-order valence-corrected chi connectivity index (χ4v) is 3.42. The van der Waals surface area contributed by atoms with E-state index in [0.29, 0.717) is 48.9 Å². The predicted molar refractivity (Wildman–Crippen MR) is 107 cm³/mol. The molecule has 0 atom stereocenters. The number of anilines is 1. The molecule has 0 spiro atoms. The maximum Gasteiger partial charge on any atom is 0.338 e. The standard InChI is InChI=1S/C22H22N2O6/c25-20(23-17-6-7-18-19(12-17)29-10-9-28-18)14-30-22(27)16-4-1-3-15(11-16)13-24-8-2-5-21(24)26/h1,3-4,6-7,11-12H,2,5,8-10,13-14H2,(H,23,25). The van der Waals surface area contributed by atoms with Crippen molar-refractivity contribution in [2.75, 3.05) is 31.7 Å². The lowest BCUT2D eigenvalue weighted by molar-refractivity contribution is -0.128. The first-order valence-electron chi connectivity index (χ1n) is 9.82. The van der Waals surface area contributed by atoms with Gasteiger partial charge < -0.3 is 24.4 Å². The van der Waals surface area contributed by atoms with Crippen LogP contribution in [0.15, 0.2) is 42.5 Å². The van der Waals surface area contributed by atoms with Crippen LogP contribution in [0.1, 0.15) is 28.8 Å². The van der Waals surface area contributed by atoms with Gasteiger partial charge in [-0.15, -0.1) is 0 Å². The predicted octanol–water partition coefficient (Wildman–Crippen LogP) is 2.38. The second-order valence-corrected chi connectivity index (χ2v) is 7.10. The highest BCUT2D eigenvalue weighted by atomic mass is 16.6. The van der Waals surface area contributed by atoms with E-state index >= 15 is 0 Å². The number of esters is 1. The molecule has 2 aliphatic heterocycles. The van der Waals surface area contributed by atoms with Gasteiger partial charge in [0.15, 0.2) is 18.1 Å². The molecule has 2 heterocycles. The summed E-state index contributed by atoms with van der Waals surface area (Å²) >= 11 is 0. The lowest BCUT2D eigenvalue weighted by Crippen LogP contribution is -2.24. The van der Waals surface area contributed by atoms with Crippen LogP contribution >= 0.6 is 0 Å². The van der Waals surface area contributed by atoms with Crippen LogP contribution in [0.4, 0.5) is 5.69 Å². The molecule has 8 nitrogen and oxygen atoms in total. The Bertz CT molecular complexity index is 974. The van der Waals surface area contributed by atoms with Crippen LogP contribution in [0, 0.1) is 0 Å². The largest absolute Gasteiger partial charge is 0.486 e. The third kappa shape index (κ3) is 4.71. The molecule has 1 N–H and O–H groups in total. The number of ether oxygens (including phenoxy) is 3. The van der Waals surface area contributed by atoms with Gasteiger partial charge in [-0.1, -0.05) is 12.1 Å². The molecule has 2 aliphatic rings. The van der Waals surface area contributed by atoms with E-state index in [0.717, 1.165) is 18.5 Å². The zero-order chi connectivity index (χ0) is 20.9. The first-order chi connectivity index (χ1) is 14.6. The quantitative estimate of drug-likeness (QED) is 0.735. The molecule has 2 aromatic carbocycles. The number of nitrogens with zero attached hydrogens (tertiary/aromatic N) is 1. The SMILES string of the molecule is O=C(COC(=O)c1cccc(CN2CCCC2=O)c1)Nc1ccc2c(c1)OCCO2. The van der Waals surface area contributed by atoms with Crippen LogP contribution < -0.4 is 14.8 Å². The van der Waals surface area contributed by atoms with Gasteiger partial charge in [0.2, 0.25) is 5.91 Å². The average molecular weight is 410 g/mol. The highest BCUT2D eigenvalue weighted by molar-refractivity contribution is 5.95. The second-order valence-electron chi connectivity index (χ2n) is 7.10. The number of carbonyl (C=O) groups is 3. The van der Waals surface area contributed by atoms with Crippen molar-refractivity contribution in [3.8, 4) is 11.5 Å². The Morgan fingerprint density at radius 2 is 1.90 bits per heavy atom. The summed E-state index contributed by atoms with van der Waals surface area (Å²) in [7, 11) is 0. The van der Waals surface area contributed by atoms with E-state index in [4.69, 9.17) is 14.2 Å². The van der Waals surface area contributed by atoms with Crippen molar-refractivity contribution in [1.82, 2.24) is 4.90 Å². The van der Waals surface area contributed by atoms with Gasteiger partial charge >= 0.3 is 5.97 Å². The summed E-state index contributed by atoms with van der Waals surface area (Å²) in [4.78, 5) is 38.0. The highest BCUT2D eigenvalue weighted by Crippen LogP contribution is 2.32. The lowest BCUT2D eigenvalue weighted by Gasteiger charge is -2.19. The first kappa shape index (κ1) is 19.8. The summed E-state index contributed by atoms with van der Waals surface area (Å²) < 4.78 is 16.1. The molecular weight excluding hydrogens is 388 g/mol. The minimum atomic E-state index is -0.595. The number of carbonyl (C=O) groups excluding carboxylic acids is 3. The maximum atomic E-state index is 12.3. The summed E-state index contributed by atoms with van der Waals surface area (Å²) in [6.45, 7) is 1.72. The Morgan fingerprint density at radius 3 is 2.70 bits per heavy atom. The normalized spacial score (nSPS) is 15.1. The Balaban J connectivity index is 1.30. The van der Waals surface area contributed by atoms with Gasteiger partial charge in [-0.05, 0) is 36.2 Å². The Labute approximate surface area is 173 Å². The van der Waals surface area contributed by atoms with E-state index in [2.05, 4.69) is 5.32 Å². The molecule has 0 radical (unpaired) electrons. The van der Waals surface area contributed by atoms with Gasteiger partial charge in [0, 0.05) is 31.3 Å². The smallest absolute Gasteiger partial charge is 0.338 e. The molecule has 1 fully saturated rings. The summed E-state index contributed by atoms with van der Waals surface area (Å²) in [5, 5.41) is 2.67. The molecule has 0 unspecified atom stereocenters. The summed E-state index contributed by atoms with van der Waals surface area (Å²) in [6, 6.07) is 12.0. The van der Waals surface area contributed by atoms with Gasteiger partial charge in [0.1, 0.15) is 13.2 Å². The number of benzene rings is 2. The number of hydrogen-bond donors (Lipinski definition) is 1. The molecule has 0 bridgehead atoms. The molecule has 2 aromatic rings. The number of hydrogen-bond acceptors (Lipinski definition) is 6. The third-order valence-electron chi connectivity index (χ3n) is 4.87. The first-order valence-corrected chi connectivity index (χ1v) is 9.82. The number of amides is 2. The van der Waals surface area contributed by atoms with Gasteiger partial charge in [-0.25, -0.2) is 4.79 Å². The molecule has 30 heavy (non-hydrogen) atoms. The van der Waals surface area contributed by atoms with Crippen molar-refractivity contribution in [3.63, 3.8) is 0 Å². The van der Waals surface area contributed by atoms with Crippen LogP contribution in [-0.4, -0.2) is 49.0 Å². The van der Waals surface area contributed by atoms with Crippen LogP contribution in [-0.2, 0) is 20.9 Å². The summed E-state index contributed by atoms with van der Waals surface area (Å²) in [5.74, 6) is 0.255. The van der Waals surface area contributed by atoms with E-state index in [-0.39, 0.29) is 5.91 Å². The average Bonchev–Trinajstić information content (AvgIpc) is 3.16. The highest BCUT2D eigenvalue weighted by Gasteiger charge is 2.20. The molecule has 0 aromatic heterocycles. The molecule has 1 saturated heterocycles. The number of nitrogens with one attached hydrogen (secondary N) is 1. The zero-order valence-electron chi connectivity index (χ0n) is 16.4. The molecule has 0 saturated carbocycles. The van der Waals surface area contributed by atoms with Crippen molar-refractivity contribution in [1.29, 1.82) is 0 Å². The van der Waals surface area contributed by atoms with E-state index < -0.39 is 18.5 Å². The lowest BCUT2D eigenvalue weighted by atomic mass is 10.1. The van der Waals surface area contributed by atoms with Crippen molar-refractivity contribution >= 4 is 23.5 Å². The molecule has 2 amide bonds. The number of rotatable bonds is 6. The van der Waals surface area contributed by atoms with Crippen molar-refractivity contribution < 1.29 is 28.6 Å².